The van der Waals surface area contributed by atoms with Crippen molar-refractivity contribution in [3.05, 3.63) is 45.9 Å². The lowest BCUT2D eigenvalue weighted by molar-refractivity contribution is -0.136. The van der Waals surface area contributed by atoms with Crippen LogP contribution in [0.25, 0.3) is 0 Å². The molecule has 2 aromatic rings. The lowest BCUT2D eigenvalue weighted by Gasteiger charge is -2.10. The Labute approximate surface area is 144 Å². The molecule has 5 nitrogen and oxygen atoms in total. The number of benzene rings is 1. The number of aromatic nitrogens is 1. The van der Waals surface area contributed by atoms with Crippen LogP contribution in [0.15, 0.2) is 29.8 Å². The zero-order valence-electron chi connectivity index (χ0n) is 13.3. The Morgan fingerprint density at radius 2 is 2.08 bits per heavy atom. The molecule has 0 aliphatic heterocycles. The number of carbonyl (C=O) groups excluding carboxylic acids is 1. The summed E-state index contributed by atoms with van der Waals surface area (Å²) in [6.07, 6.45) is 5.15. The molecule has 1 aromatic heterocycles. The molecule has 1 heterocycles. The van der Waals surface area contributed by atoms with Crippen molar-refractivity contribution in [2.45, 2.75) is 44.4 Å². The third kappa shape index (κ3) is 4.00. The molecule has 3 rings (SSSR count). The van der Waals surface area contributed by atoms with E-state index in [4.69, 9.17) is 5.11 Å². The molecule has 0 saturated heterocycles. The van der Waals surface area contributed by atoms with Crippen LogP contribution in [0.2, 0.25) is 0 Å². The summed E-state index contributed by atoms with van der Waals surface area (Å²) in [5, 5.41) is 11.7. The fourth-order valence-electron chi connectivity index (χ4n) is 3.16. The van der Waals surface area contributed by atoms with Crippen LogP contribution >= 0.6 is 11.3 Å². The van der Waals surface area contributed by atoms with Gasteiger partial charge in [-0.1, -0.05) is 25.0 Å². The number of hydrogen-bond acceptors (Lipinski definition) is 4. The molecule has 1 saturated carbocycles. The molecular weight excluding hydrogens is 324 g/mol. The minimum Gasteiger partial charge on any atom is -0.481 e. The van der Waals surface area contributed by atoms with Crippen molar-refractivity contribution in [1.82, 2.24) is 4.98 Å². The lowest BCUT2D eigenvalue weighted by Crippen LogP contribution is -2.13. The predicted molar refractivity (Wildman–Crippen MR) is 93.7 cm³/mol. The molecule has 0 spiro atoms. The van der Waals surface area contributed by atoms with Crippen molar-refractivity contribution in [3.8, 4) is 0 Å². The van der Waals surface area contributed by atoms with Crippen LogP contribution in [0.4, 0.5) is 5.69 Å². The van der Waals surface area contributed by atoms with Crippen LogP contribution in [0.1, 0.15) is 59.0 Å². The Kier molecular flexibility index (Phi) is 5.25. The summed E-state index contributed by atoms with van der Waals surface area (Å²) in [6.45, 7) is 0. The summed E-state index contributed by atoms with van der Waals surface area (Å²) in [5.41, 5.74) is 4.26. The van der Waals surface area contributed by atoms with Gasteiger partial charge in [-0.2, -0.15) is 0 Å². The van der Waals surface area contributed by atoms with E-state index < -0.39 is 5.97 Å². The first-order chi connectivity index (χ1) is 11.6. The second kappa shape index (κ2) is 7.57. The average molecular weight is 344 g/mol. The van der Waals surface area contributed by atoms with Crippen molar-refractivity contribution in [2.24, 2.45) is 0 Å². The molecule has 0 radical (unpaired) electrons. The van der Waals surface area contributed by atoms with Crippen molar-refractivity contribution in [1.29, 1.82) is 0 Å². The average Bonchev–Trinajstić information content (AvgIpc) is 3.23. The summed E-state index contributed by atoms with van der Waals surface area (Å²) in [7, 11) is 0. The number of anilines is 1. The first kappa shape index (κ1) is 16.6. The van der Waals surface area contributed by atoms with E-state index in [0.29, 0.717) is 22.9 Å². The van der Waals surface area contributed by atoms with Gasteiger partial charge in [-0.25, -0.2) is 4.98 Å². The van der Waals surface area contributed by atoms with E-state index in [1.165, 1.54) is 24.2 Å². The number of nitrogens with zero attached hydrogens (tertiary/aromatic N) is 1. The minimum absolute atomic E-state index is 0.0814. The number of carbonyl (C=O) groups is 2. The number of rotatable bonds is 6. The number of carboxylic acids is 1. The molecule has 0 unspecified atom stereocenters. The molecular formula is C18H20N2O3S. The van der Waals surface area contributed by atoms with E-state index in [-0.39, 0.29) is 12.3 Å². The van der Waals surface area contributed by atoms with Gasteiger partial charge in [0.05, 0.1) is 11.2 Å². The van der Waals surface area contributed by atoms with Crippen LogP contribution in [-0.4, -0.2) is 22.0 Å². The van der Waals surface area contributed by atoms with Crippen molar-refractivity contribution in [3.63, 3.8) is 0 Å². The minimum atomic E-state index is -0.824. The maximum absolute atomic E-state index is 12.6. The number of aryl methyl sites for hydroxylation is 1. The van der Waals surface area contributed by atoms with Gasteiger partial charge >= 0.3 is 5.97 Å². The number of aliphatic carboxylic acids is 1. The van der Waals surface area contributed by atoms with Gasteiger partial charge in [0.15, 0.2) is 0 Å². The van der Waals surface area contributed by atoms with Gasteiger partial charge in [0.1, 0.15) is 4.88 Å². The van der Waals surface area contributed by atoms with Gasteiger partial charge in [-0.15, -0.1) is 11.3 Å². The maximum Gasteiger partial charge on any atom is 0.303 e. The standard InChI is InChI=1S/C18H20N2O3S/c21-15(22)9-8-12-4-3-7-14(10-12)20-18(23)17-16(19-11-24-17)13-5-1-2-6-13/h3-4,7,10-11,13H,1-2,5-6,8-9H2,(H,20,23)(H,21,22). The van der Waals surface area contributed by atoms with Gasteiger partial charge < -0.3 is 10.4 Å². The third-order valence-electron chi connectivity index (χ3n) is 4.36. The van der Waals surface area contributed by atoms with Crippen LogP contribution in [0.5, 0.6) is 0 Å². The van der Waals surface area contributed by atoms with E-state index in [1.54, 1.807) is 5.51 Å². The first-order valence-corrected chi connectivity index (χ1v) is 9.07. The number of amides is 1. The Bertz CT molecular complexity index is 735. The summed E-state index contributed by atoms with van der Waals surface area (Å²) in [4.78, 5) is 28.4. The van der Waals surface area contributed by atoms with E-state index in [9.17, 15) is 9.59 Å². The Morgan fingerprint density at radius 3 is 2.83 bits per heavy atom. The molecule has 1 aliphatic carbocycles. The molecule has 24 heavy (non-hydrogen) atoms. The molecule has 6 heteroatoms. The fraction of sp³-hybridized carbons (Fsp3) is 0.389. The Morgan fingerprint density at radius 1 is 1.29 bits per heavy atom. The molecule has 1 amide bonds. The molecule has 2 N–H and O–H groups in total. The van der Waals surface area contributed by atoms with Crippen molar-refractivity contribution < 1.29 is 14.7 Å². The highest BCUT2D eigenvalue weighted by atomic mass is 32.1. The number of nitrogens with one attached hydrogen (secondary N) is 1. The predicted octanol–water partition coefficient (Wildman–Crippen LogP) is 4.07. The van der Waals surface area contributed by atoms with Gasteiger partial charge in [0, 0.05) is 18.0 Å². The monoisotopic (exact) mass is 344 g/mol. The normalized spacial score (nSPS) is 14.7. The van der Waals surface area contributed by atoms with E-state index in [2.05, 4.69) is 10.3 Å². The summed E-state index contributed by atoms with van der Waals surface area (Å²) < 4.78 is 0. The fourth-order valence-corrected chi connectivity index (χ4v) is 3.93. The quantitative estimate of drug-likeness (QED) is 0.828. The first-order valence-electron chi connectivity index (χ1n) is 8.19. The maximum atomic E-state index is 12.6. The third-order valence-corrected chi connectivity index (χ3v) is 5.20. The SMILES string of the molecule is O=C(O)CCc1cccc(NC(=O)c2scnc2C2CCCC2)c1. The highest BCUT2D eigenvalue weighted by Gasteiger charge is 2.25. The van der Waals surface area contributed by atoms with E-state index in [0.717, 1.165) is 24.1 Å². The zero-order valence-corrected chi connectivity index (χ0v) is 14.1. The van der Waals surface area contributed by atoms with Gasteiger partial charge in [0.25, 0.3) is 5.91 Å². The van der Waals surface area contributed by atoms with Crippen molar-refractivity contribution in [2.75, 3.05) is 5.32 Å². The highest BCUT2D eigenvalue weighted by Crippen LogP contribution is 2.36. The summed E-state index contributed by atoms with van der Waals surface area (Å²) in [6, 6.07) is 7.35. The van der Waals surface area contributed by atoms with Crippen LogP contribution < -0.4 is 5.32 Å². The Balaban J connectivity index is 1.70. The number of carboxylic acid groups (broad SMARTS) is 1. The molecule has 0 atom stereocenters. The topological polar surface area (TPSA) is 79.3 Å². The van der Waals surface area contributed by atoms with Crippen LogP contribution in [-0.2, 0) is 11.2 Å². The van der Waals surface area contributed by atoms with Gasteiger partial charge in [0.2, 0.25) is 0 Å². The van der Waals surface area contributed by atoms with E-state index in [1.807, 2.05) is 24.3 Å². The molecule has 1 aromatic carbocycles. The van der Waals surface area contributed by atoms with E-state index >= 15 is 0 Å². The lowest BCUT2D eigenvalue weighted by atomic mass is 10.0. The van der Waals surface area contributed by atoms with Crippen molar-refractivity contribution >= 4 is 28.9 Å². The summed E-state index contributed by atoms with van der Waals surface area (Å²) in [5.74, 6) is -0.552. The molecule has 1 fully saturated rings. The summed E-state index contributed by atoms with van der Waals surface area (Å²) >= 11 is 1.38. The van der Waals surface area contributed by atoms with Crippen LogP contribution in [0.3, 0.4) is 0 Å². The van der Waals surface area contributed by atoms with Crippen LogP contribution in [0, 0.1) is 0 Å². The molecule has 0 bridgehead atoms. The molecule has 126 valence electrons. The number of thiazole rings is 1. The zero-order chi connectivity index (χ0) is 16.9. The largest absolute Gasteiger partial charge is 0.481 e. The smallest absolute Gasteiger partial charge is 0.303 e. The second-order valence-corrected chi connectivity index (χ2v) is 6.95. The Hall–Kier alpha value is -2.21. The van der Waals surface area contributed by atoms with Gasteiger partial charge in [-0.3, -0.25) is 9.59 Å². The second-order valence-electron chi connectivity index (χ2n) is 6.10. The van der Waals surface area contributed by atoms with Gasteiger partial charge in [-0.05, 0) is 37.0 Å². The highest BCUT2D eigenvalue weighted by molar-refractivity contribution is 7.12. The number of hydrogen-bond donors (Lipinski definition) is 2. The molecule has 1 aliphatic rings.